The van der Waals surface area contributed by atoms with Crippen LogP contribution in [-0.2, 0) is 21.3 Å². The topological polar surface area (TPSA) is 86.3 Å². The molecule has 1 aliphatic heterocycles. The number of nitrogens with one attached hydrogen (secondary N) is 1. The molecule has 7 heteroatoms. The van der Waals surface area contributed by atoms with Crippen LogP contribution in [0.25, 0.3) is 0 Å². The van der Waals surface area contributed by atoms with Gasteiger partial charge in [-0.15, -0.1) is 0 Å². The highest BCUT2D eigenvalue weighted by Gasteiger charge is 2.24. The first-order valence-corrected chi connectivity index (χ1v) is 8.43. The van der Waals surface area contributed by atoms with Gasteiger partial charge in [0, 0.05) is 43.7 Å². The van der Waals surface area contributed by atoms with E-state index in [1.165, 1.54) is 0 Å². The molecule has 2 rings (SSSR count). The predicted octanol–water partition coefficient (Wildman–Crippen LogP) is 0.985. The van der Waals surface area contributed by atoms with E-state index < -0.39 is 10.0 Å². The van der Waals surface area contributed by atoms with Gasteiger partial charge in [-0.05, 0) is 32.8 Å². The van der Waals surface area contributed by atoms with Gasteiger partial charge in [0.1, 0.15) is 0 Å². The Hall–Kier alpha value is -0.890. The third kappa shape index (κ3) is 3.41. The molecular weight excluding hydrogens is 278 g/mol. The number of aromatic nitrogens is 1. The molecule has 0 aromatic carbocycles. The van der Waals surface area contributed by atoms with Gasteiger partial charge in [0.2, 0.25) is 10.0 Å². The molecule has 0 unspecified atom stereocenters. The Kier molecular flexibility index (Phi) is 4.85. The van der Waals surface area contributed by atoms with Crippen molar-refractivity contribution in [2.75, 3.05) is 13.2 Å². The van der Waals surface area contributed by atoms with Crippen LogP contribution < -0.4 is 10.5 Å². The highest BCUT2D eigenvalue weighted by Crippen LogP contribution is 2.20. The number of sulfonamides is 1. The van der Waals surface area contributed by atoms with Crippen LogP contribution in [0.2, 0.25) is 0 Å². The summed E-state index contributed by atoms with van der Waals surface area (Å²) in [6.07, 6.45) is 3.09. The summed E-state index contributed by atoms with van der Waals surface area (Å²) in [6, 6.07) is 1.79. The summed E-state index contributed by atoms with van der Waals surface area (Å²) >= 11 is 0. The quantitative estimate of drug-likeness (QED) is 0.849. The molecule has 0 aliphatic carbocycles. The van der Waals surface area contributed by atoms with E-state index in [-0.39, 0.29) is 17.0 Å². The number of rotatable bonds is 5. The second-order valence-electron chi connectivity index (χ2n) is 5.38. The van der Waals surface area contributed by atoms with Crippen molar-refractivity contribution in [3.8, 4) is 0 Å². The largest absolute Gasteiger partial charge is 0.381 e. The van der Waals surface area contributed by atoms with E-state index >= 15 is 0 Å². The van der Waals surface area contributed by atoms with Crippen molar-refractivity contribution in [1.29, 1.82) is 0 Å². The lowest BCUT2D eigenvalue weighted by Gasteiger charge is -2.22. The number of ether oxygens (including phenoxy) is 1. The summed E-state index contributed by atoms with van der Waals surface area (Å²) in [5.74, 6) is 0. The van der Waals surface area contributed by atoms with Crippen LogP contribution in [0.5, 0.6) is 0 Å². The van der Waals surface area contributed by atoms with Crippen molar-refractivity contribution in [2.45, 2.75) is 50.2 Å². The Labute approximate surface area is 120 Å². The predicted molar refractivity (Wildman–Crippen MR) is 76.9 cm³/mol. The van der Waals surface area contributed by atoms with Crippen LogP contribution >= 0.6 is 0 Å². The Morgan fingerprint density at radius 2 is 2.10 bits per heavy atom. The lowest BCUT2D eigenvalue weighted by molar-refractivity contribution is 0.0832. The van der Waals surface area contributed by atoms with E-state index in [9.17, 15) is 8.42 Å². The van der Waals surface area contributed by atoms with Gasteiger partial charge in [0.15, 0.2) is 0 Å². The van der Waals surface area contributed by atoms with Crippen LogP contribution in [-0.4, -0.2) is 32.2 Å². The van der Waals surface area contributed by atoms with Gasteiger partial charge in [0.05, 0.1) is 4.90 Å². The van der Waals surface area contributed by atoms with Crippen molar-refractivity contribution in [3.63, 3.8) is 0 Å². The maximum absolute atomic E-state index is 12.4. The molecule has 1 aromatic heterocycles. The lowest BCUT2D eigenvalue weighted by Crippen LogP contribution is -2.38. The fourth-order valence-electron chi connectivity index (χ4n) is 2.39. The molecule has 0 bridgehead atoms. The Balaban J connectivity index is 2.20. The SMILES string of the molecule is CC(C)n1cc(S(=O)(=O)NC2CCOCC2)cc1CN. The molecule has 0 amide bonds. The van der Waals surface area contributed by atoms with Gasteiger partial charge in [-0.1, -0.05) is 0 Å². The second kappa shape index (κ2) is 6.26. The average molecular weight is 301 g/mol. The zero-order valence-electron chi connectivity index (χ0n) is 12.0. The van der Waals surface area contributed by atoms with Crippen molar-refractivity contribution < 1.29 is 13.2 Å². The maximum atomic E-state index is 12.4. The van der Waals surface area contributed by atoms with Gasteiger partial charge in [-0.25, -0.2) is 13.1 Å². The third-order valence-electron chi connectivity index (χ3n) is 3.53. The van der Waals surface area contributed by atoms with Crippen molar-refractivity contribution in [2.24, 2.45) is 5.73 Å². The first kappa shape index (κ1) is 15.5. The monoisotopic (exact) mass is 301 g/mol. The Morgan fingerprint density at radius 3 is 2.60 bits per heavy atom. The number of hydrogen-bond acceptors (Lipinski definition) is 4. The molecular formula is C13H23N3O3S. The first-order chi connectivity index (χ1) is 9.44. The van der Waals surface area contributed by atoms with Gasteiger partial charge in [-0.3, -0.25) is 0 Å². The minimum atomic E-state index is -3.49. The molecule has 20 heavy (non-hydrogen) atoms. The summed E-state index contributed by atoms with van der Waals surface area (Å²) in [4.78, 5) is 0.290. The molecule has 1 fully saturated rings. The Bertz CT molecular complexity index is 545. The minimum Gasteiger partial charge on any atom is -0.381 e. The molecule has 3 N–H and O–H groups in total. The van der Waals surface area contributed by atoms with E-state index in [1.54, 1.807) is 12.3 Å². The summed E-state index contributed by atoms with van der Waals surface area (Å²) in [5.41, 5.74) is 6.50. The molecule has 0 spiro atoms. The molecule has 114 valence electrons. The normalized spacial score (nSPS) is 17.8. The highest BCUT2D eigenvalue weighted by atomic mass is 32.2. The molecule has 0 radical (unpaired) electrons. The molecule has 1 aliphatic rings. The van der Waals surface area contributed by atoms with Crippen molar-refractivity contribution in [3.05, 3.63) is 18.0 Å². The highest BCUT2D eigenvalue weighted by molar-refractivity contribution is 7.89. The van der Waals surface area contributed by atoms with E-state index in [1.807, 2.05) is 18.4 Å². The van der Waals surface area contributed by atoms with E-state index in [0.717, 1.165) is 5.69 Å². The molecule has 1 aromatic rings. The molecule has 2 heterocycles. The van der Waals surface area contributed by atoms with Crippen LogP contribution in [0.15, 0.2) is 17.2 Å². The molecule has 0 atom stereocenters. The van der Waals surface area contributed by atoms with Crippen LogP contribution in [0, 0.1) is 0 Å². The van der Waals surface area contributed by atoms with E-state index in [0.29, 0.717) is 32.6 Å². The molecule has 6 nitrogen and oxygen atoms in total. The van der Waals surface area contributed by atoms with E-state index in [2.05, 4.69) is 4.72 Å². The first-order valence-electron chi connectivity index (χ1n) is 6.95. The summed E-state index contributed by atoms with van der Waals surface area (Å²) < 4.78 is 34.7. The van der Waals surface area contributed by atoms with Crippen LogP contribution in [0.4, 0.5) is 0 Å². The second-order valence-corrected chi connectivity index (χ2v) is 7.09. The minimum absolute atomic E-state index is 0.0440. The lowest BCUT2D eigenvalue weighted by atomic mass is 10.1. The summed E-state index contributed by atoms with van der Waals surface area (Å²) in [5, 5.41) is 0. The molecule has 1 saturated heterocycles. The van der Waals surface area contributed by atoms with E-state index in [4.69, 9.17) is 10.5 Å². The van der Waals surface area contributed by atoms with Crippen LogP contribution in [0.3, 0.4) is 0 Å². The third-order valence-corrected chi connectivity index (χ3v) is 5.01. The van der Waals surface area contributed by atoms with Crippen LogP contribution in [0.1, 0.15) is 38.4 Å². The average Bonchev–Trinajstić information content (AvgIpc) is 2.84. The smallest absolute Gasteiger partial charge is 0.242 e. The number of hydrogen-bond donors (Lipinski definition) is 2. The number of nitrogens with zero attached hydrogens (tertiary/aromatic N) is 1. The number of nitrogens with two attached hydrogens (primary N) is 1. The fraction of sp³-hybridized carbons (Fsp3) is 0.692. The summed E-state index contributed by atoms with van der Waals surface area (Å²) in [6.45, 7) is 5.54. The van der Waals surface area contributed by atoms with Crippen molar-refractivity contribution >= 4 is 10.0 Å². The summed E-state index contributed by atoms with van der Waals surface area (Å²) in [7, 11) is -3.49. The van der Waals surface area contributed by atoms with Gasteiger partial charge in [-0.2, -0.15) is 0 Å². The van der Waals surface area contributed by atoms with Gasteiger partial charge >= 0.3 is 0 Å². The zero-order chi connectivity index (χ0) is 14.8. The standard InChI is InChI=1S/C13H23N3O3S/c1-10(2)16-9-13(7-12(16)8-14)20(17,18)15-11-3-5-19-6-4-11/h7,9-11,15H,3-6,8,14H2,1-2H3. The molecule has 0 saturated carbocycles. The Morgan fingerprint density at radius 1 is 1.45 bits per heavy atom. The van der Waals surface area contributed by atoms with Gasteiger partial charge < -0.3 is 15.0 Å². The maximum Gasteiger partial charge on any atom is 0.242 e. The zero-order valence-corrected chi connectivity index (χ0v) is 12.8. The van der Waals surface area contributed by atoms with Crippen molar-refractivity contribution in [1.82, 2.24) is 9.29 Å². The fourth-order valence-corrected chi connectivity index (χ4v) is 3.75. The van der Waals surface area contributed by atoms with Gasteiger partial charge in [0.25, 0.3) is 0 Å².